The van der Waals surface area contributed by atoms with Crippen LogP contribution in [0.3, 0.4) is 0 Å². The summed E-state index contributed by atoms with van der Waals surface area (Å²) in [5.41, 5.74) is 2.59. The molecule has 0 bridgehead atoms. The predicted octanol–water partition coefficient (Wildman–Crippen LogP) is 2.05. The van der Waals surface area contributed by atoms with Crippen LogP contribution in [0.25, 0.3) is 11.4 Å². The highest BCUT2D eigenvalue weighted by molar-refractivity contribution is 6.88. The number of nitrogens with zero attached hydrogens (tertiary/aromatic N) is 3. The highest BCUT2D eigenvalue weighted by Crippen LogP contribution is 2.26. The van der Waals surface area contributed by atoms with Gasteiger partial charge in [0.2, 0.25) is 0 Å². The summed E-state index contributed by atoms with van der Waals surface area (Å²) in [5.74, 6) is 1.13. The number of aryl methyl sites for hydroxylation is 1. The molecule has 1 aliphatic heterocycles. The normalized spacial score (nSPS) is 14.3. The Morgan fingerprint density at radius 3 is 2.82 bits per heavy atom. The van der Waals surface area contributed by atoms with E-state index < -0.39 is 8.07 Å². The van der Waals surface area contributed by atoms with Gasteiger partial charge in [0.25, 0.3) is 0 Å². The average Bonchev–Trinajstić information content (AvgIpc) is 2.72. The van der Waals surface area contributed by atoms with Crippen LogP contribution in [0.1, 0.15) is 5.56 Å². The van der Waals surface area contributed by atoms with Crippen molar-refractivity contribution >= 4 is 13.4 Å². The molecule has 0 fully saturated rings. The van der Waals surface area contributed by atoms with E-state index in [0.717, 1.165) is 18.8 Å². The second-order valence-corrected chi connectivity index (χ2v) is 10.7. The molecule has 3 heterocycles. The topological polar surface area (TPSA) is 30.7 Å². The molecule has 0 N–H and O–H groups in total. The molecular weight excluding hydrogens is 226 g/mol. The van der Waals surface area contributed by atoms with Gasteiger partial charge in [-0.05, 0) is 18.1 Å². The van der Waals surface area contributed by atoms with Crippen molar-refractivity contribution in [2.75, 3.05) is 0 Å². The zero-order valence-corrected chi connectivity index (χ0v) is 11.6. The molecule has 2 aromatic rings. The summed E-state index contributed by atoms with van der Waals surface area (Å²) >= 11 is 0. The summed E-state index contributed by atoms with van der Waals surface area (Å²) in [6, 6.07) is 2.08. The molecule has 0 saturated carbocycles. The van der Waals surface area contributed by atoms with Crippen molar-refractivity contribution in [2.45, 2.75) is 32.6 Å². The van der Waals surface area contributed by atoms with Crippen molar-refractivity contribution in [3.63, 3.8) is 0 Å². The molecular formula is C13H17N3Si. The Kier molecular flexibility index (Phi) is 2.23. The number of fused-ring (bicyclic) bond motifs is 3. The SMILES string of the molecule is C[Si](C)(C)c1cnc2n1CCc1cnccc1-2. The zero-order valence-electron chi connectivity index (χ0n) is 10.6. The van der Waals surface area contributed by atoms with Crippen LogP contribution >= 0.6 is 0 Å². The Labute approximate surface area is 103 Å². The van der Waals surface area contributed by atoms with Crippen LogP contribution in [-0.4, -0.2) is 22.6 Å². The Morgan fingerprint density at radius 1 is 1.24 bits per heavy atom. The molecule has 0 amide bonds. The fourth-order valence-electron chi connectivity index (χ4n) is 2.49. The monoisotopic (exact) mass is 243 g/mol. The van der Waals surface area contributed by atoms with Gasteiger partial charge in [-0.25, -0.2) is 4.98 Å². The van der Waals surface area contributed by atoms with Gasteiger partial charge in [0.1, 0.15) is 13.9 Å². The molecule has 0 atom stereocenters. The van der Waals surface area contributed by atoms with Crippen molar-refractivity contribution in [1.29, 1.82) is 0 Å². The lowest BCUT2D eigenvalue weighted by Crippen LogP contribution is -2.43. The molecule has 0 aromatic carbocycles. The lowest BCUT2D eigenvalue weighted by atomic mass is 10.0. The summed E-state index contributed by atoms with van der Waals surface area (Å²) in [6.45, 7) is 8.17. The molecule has 4 heteroatoms. The van der Waals surface area contributed by atoms with Crippen LogP contribution in [0.5, 0.6) is 0 Å². The van der Waals surface area contributed by atoms with Gasteiger partial charge in [-0.15, -0.1) is 0 Å². The summed E-state index contributed by atoms with van der Waals surface area (Å²) in [4.78, 5) is 8.83. The average molecular weight is 243 g/mol. The van der Waals surface area contributed by atoms with Crippen LogP contribution in [0, 0.1) is 0 Å². The number of hydrogen-bond acceptors (Lipinski definition) is 2. The first-order valence-electron chi connectivity index (χ1n) is 6.06. The molecule has 17 heavy (non-hydrogen) atoms. The highest BCUT2D eigenvalue weighted by atomic mass is 28.3. The second-order valence-electron chi connectivity index (χ2n) is 5.65. The van der Waals surface area contributed by atoms with Crippen LogP contribution in [-0.2, 0) is 13.0 Å². The van der Waals surface area contributed by atoms with Crippen LogP contribution in [0.4, 0.5) is 0 Å². The standard InChI is InChI=1S/C13H17N3Si/c1-17(2,3)12-9-15-13-11-4-6-14-8-10(11)5-7-16(12)13/h4,6,8-9H,5,7H2,1-3H3. The largest absolute Gasteiger partial charge is 0.332 e. The van der Waals surface area contributed by atoms with E-state index in [9.17, 15) is 0 Å². The quantitative estimate of drug-likeness (QED) is 0.718. The first kappa shape index (κ1) is 10.7. The molecule has 2 aromatic heterocycles. The molecule has 3 rings (SSSR count). The maximum absolute atomic E-state index is 4.63. The predicted molar refractivity (Wildman–Crippen MR) is 72.1 cm³/mol. The fourth-order valence-corrected chi connectivity index (χ4v) is 3.97. The van der Waals surface area contributed by atoms with Gasteiger partial charge >= 0.3 is 0 Å². The first-order valence-corrected chi connectivity index (χ1v) is 9.56. The Bertz CT molecular complexity index is 566. The lowest BCUT2D eigenvalue weighted by Gasteiger charge is -2.24. The molecule has 88 valence electrons. The minimum absolute atomic E-state index is 1.05. The van der Waals surface area contributed by atoms with Gasteiger partial charge < -0.3 is 4.57 Å². The van der Waals surface area contributed by atoms with Crippen LogP contribution in [0.15, 0.2) is 24.7 Å². The molecule has 0 spiro atoms. The maximum Gasteiger partial charge on any atom is 0.140 e. The van der Waals surface area contributed by atoms with E-state index in [-0.39, 0.29) is 0 Å². The van der Waals surface area contributed by atoms with Crippen molar-refractivity contribution in [3.05, 3.63) is 30.2 Å². The van der Waals surface area contributed by atoms with Gasteiger partial charge in [0.05, 0.1) is 0 Å². The fraction of sp³-hybridized carbons (Fsp3) is 0.385. The second kappa shape index (κ2) is 3.53. The molecule has 0 saturated heterocycles. The van der Waals surface area contributed by atoms with E-state index in [1.54, 1.807) is 0 Å². The third-order valence-corrected chi connectivity index (χ3v) is 5.31. The molecule has 1 aliphatic rings. The number of pyridine rings is 1. The summed E-state index contributed by atoms with van der Waals surface area (Å²) < 4.78 is 2.41. The number of imidazole rings is 1. The zero-order chi connectivity index (χ0) is 12.0. The maximum atomic E-state index is 4.63. The first-order chi connectivity index (χ1) is 8.07. The molecule has 0 unspecified atom stereocenters. The van der Waals surface area contributed by atoms with Crippen molar-refractivity contribution in [1.82, 2.24) is 14.5 Å². The van der Waals surface area contributed by atoms with Gasteiger partial charge in [-0.2, -0.15) is 0 Å². The summed E-state index contributed by atoms with van der Waals surface area (Å²) in [7, 11) is -1.30. The van der Waals surface area contributed by atoms with Gasteiger partial charge in [-0.3, -0.25) is 4.98 Å². The van der Waals surface area contributed by atoms with Crippen molar-refractivity contribution < 1.29 is 0 Å². The van der Waals surface area contributed by atoms with E-state index in [0.29, 0.717) is 0 Å². The Balaban J connectivity index is 2.20. The minimum atomic E-state index is -1.30. The minimum Gasteiger partial charge on any atom is -0.332 e. The lowest BCUT2D eigenvalue weighted by molar-refractivity contribution is 0.693. The Morgan fingerprint density at radius 2 is 2.06 bits per heavy atom. The highest BCUT2D eigenvalue weighted by Gasteiger charge is 2.26. The van der Waals surface area contributed by atoms with Crippen LogP contribution < -0.4 is 5.32 Å². The number of hydrogen-bond donors (Lipinski definition) is 0. The Hall–Kier alpha value is -1.42. The third kappa shape index (κ3) is 1.63. The summed E-state index contributed by atoms with van der Waals surface area (Å²) in [6.07, 6.45) is 6.99. The third-order valence-electron chi connectivity index (χ3n) is 3.37. The smallest absolute Gasteiger partial charge is 0.140 e. The van der Waals surface area contributed by atoms with Crippen molar-refractivity contribution in [3.8, 4) is 11.4 Å². The van der Waals surface area contributed by atoms with E-state index in [1.807, 2.05) is 12.4 Å². The van der Waals surface area contributed by atoms with E-state index in [1.165, 1.54) is 16.4 Å². The van der Waals surface area contributed by atoms with Gasteiger partial charge in [-0.1, -0.05) is 19.6 Å². The van der Waals surface area contributed by atoms with Gasteiger partial charge in [0.15, 0.2) is 0 Å². The van der Waals surface area contributed by atoms with E-state index in [2.05, 4.69) is 46.4 Å². The van der Waals surface area contributed by atoms with Crippen molar-refractivity contribution in [2.24, 2.45) is 0 Å². The number of aromatic nitrogens is 3. The molecule has 3 nitrogen and oxygen atoms in total. The molecule has 0 radical (unpaired) electrons. The van der Waals surface area contributed by atoms with E-state index >= 15 is 0 Å². The van der Waals surface area contributed by atoms with Crippen LogP contribution in [0.2, 0.25) is 19.6 Å². The van der Waals surface area contributed by atoms with Gasteiger partial charge in [0, 0.05) is 36.0 Å². The molecule has 0 aliphatic carbocycles. The number of rotatable bonds is 1. The van der Waals surface area contributed by atoms with E-state index in [4.69, 9.17) is 0 Å². The summed E-state index contributed by atoms with van der Waals surface area (Å²) in [5, 5.41) is 1.45.